The van der Waals surface area contributed by atoms with Crippen molar-refractivity contribution in [1.82, 2.24) is 10.9 Å². The zero-order valence-electron chi connectivity index (χ0n) is 15.3. The molecule has 0 saturated carbocycles. The first-order chi connectivity index (χ1) is 13.5. The molecule has 0 saturated heterocycles. The molecule has 0 aromatic heterocycles. The second-order valence-electron chi connectivity index (χ2n) is 6.16. The summed E-state index contributed by atoms with van der Waals surface area (Å²) in [4.78, 5) is 34.2. The average molecular weight is 410 g/mol. The Morgan fingerprint density at radius 3 is 2.24 bits per heavy atom. The topological polar surface area (TPSA) is 113 Å². The number of nitro benzene ring substituents is 1. The van der Waals surface area contributed by atoms with Gasteiger partial charge in [-0.15, -0.1) is 0 Å². The number of hydrogen-bond acceptors (Lipinski definition) is 5. The van der Waals surface area contributed by atoms with E-state index in [-0.39, 0.29) is 5.69 Å². The monoisotopic (exact) mass is 410 g/mol. The molecule has 2 amide bonds. The largest absolute Gasteiger partial charge is 0.416 e. The molecular weight excluding hydrogens is 393 g/mol. The number of amides is 2. The molecule has 1 atom stereocenters. The Bertz CT molecular complexity index is 930. The van der Waals surface area contributed by atoms with E-state index in [1.54, 1.807) is 24.3 Å². The minimum absolute atomic E-state index is 0.268. The van der Waals surface area contributed by atoms with Crippen LogP contribution in [0.3, 0.4) is 0 Å². The van der Waals surface area contributed by atoms with Crippen molar-refractivity contribution in [3.05, 3.63) is 69.3 Å². The molecule has 8 nitrogen and oxygen atoms in total. The summed E-state index contributed by atoms with van der Waals surface area (Å²) >= 11 is 0. The molecule has 0 aliphatic carbocycles. The van der Waals surface area contributed by atoms with Crippen LogP contribution < -0.4 is 16.2 Å². The SMILES string of the molecule is Cc1ccc(C(=O)NNC(=O)[C@@H](C)Nc2ccc(C(F)(F)F)cc2[N+](=O)[O-])cc1. The van der Waals surface area contributed by atoms with Crippen molar-refractivity contribution in [2.24, 2.45) is 0 Å². The van der Waals surface area contributed by atoms with Crippen molar-refractivity contribution in [1.29, 1.82) is 0 Å². The number of carbonyl (C=O) groups is 2. The second-order valence-corrected chi connectivity index (χ2v) is 6.16. The number of rotatable bonds is 5. The molecule has 0 spiro atoms. The van der Waals surface area contributed by atoms with Gasteiger partial charge in [0.2, 0.25) is 0 Å². The molecule has 0 bridgehead atoms. The lowest BCUT2D eigenvalue weighted by molar-refractivity contribution is -0.384. The number of nitro groups is 1. The van der Waals surface area contributed by atoms with Crippen molar-refractivity contribution in [3.63, 3.8) is 0 Å². The van der Waals surface area contributed by atoms with Gasteiger partial charge in [0.05, 0.1) is 10.5 Å². The summed E-state index contributed by atoms with van der Waals surface area (Å²) in [5, 5.41) is 13.6. The molecule has 154 valence electrons. The van der Waals surface area contributed by atoms with E-state index < -0.39 is 40.2 Å². The van der Waals surface area contributed by atoms with E-state index in [2.05, 4.69) is 16.2 Å². The first kappa shape index (κ1) is 21.7. The summed E-state index contributed by atoms with van der Waals surface area (Å²) in [7, 11) is 0. The highest BCUT2D eigenvalue weighted by atomic mass is 19.4. The standard InChI is InChI=1S/C18H17F3N4O4/c1-10-3-5-12(6-4-10)17(27)24-23-16(26)11(2)22-14-8-7-13(18(19,20)21)9-15(14)25(28)29/h3-9,11,22H,1-2H3,(H,23,26)(H,24,27)/t11-/m1/s1. The van der Waals surface area contributed by atoms with Crippen LogP contribution in [0.4, 0.5) is 24.5 Å². The lowest BCUT2D eigenvalue weighted by Crippen LogP contribution is -2.47. The molecule has 0 unspecified atom stereocenters. The zero-order chi connectivity index (χ0) is 21.8. The maximum atomic E-state index is 12.7. The Labute approximate surface area is 163 Å². The van der Waals surface area contributed by atoms with E-state index in [4.69, 9.17) is 0 Å². The third-order valence-electron chi connectivity index (χ3n) is 3.90. The van der Waals surface area contributed by atoms with Crippen LogP contribution in [-0.4, -0.2) is 22.8 Å². The second kappa shape index (κ2) is 8.59. The van der Waals surface area contributed by atoms with Gasteiger partial charge in [-0.3, -0.25) is 30.6 Å². The first-order valence-corrected chi connectivity index (χ1v) is 8.28. The highest BCUT2D eigenvalue weighted by Gasteiger charge is 2.33. The van der Waals surface area contributed by atoms with Crippen molar-refractivity contribution in [2.75, 3.05) is 5.32 Å². The summed E-state index contributed by atoms with van der Waals surface area (Å²) in [6.45, 7) is 3.17. The molecule has 2 rings (SSSR count). The molecule has 0 radical (unpaired) electrons. The maximum Gasteiger partial charge on any atom is 0.416 e. The van der Waals surface area contributed by atoms with E-state index in [0.29, 0.717) is 17.7 Å². The number of hydrazine groups is 1. The van der Waals surface area contributed by atoms with Crippen molar-refractivity contribution >= 4 is 23.2 Å². The predicted octanol–water partition coefficient (Wildman–Crippen LogP) is 3.18. The number of carbonyl (C=O) groups excluding carboxylic acids is 2. The number of anilines is 1. The Morgan fingerprint density at radius 1 is 1.07 bits per heavy atom. The van der Waals surface area contributed by atoms with Gasteiger partial charge >= 0.3 is 6.18 Å². The number of aryl methyl sites for hydroxylation is 1. The van der Waals surface area contributed by atoms with Crippen LogP contribution in [0.25, 0.3) is 0 Å². The van der Waals surface area contributed by atoms with Gasteiger partial charge in [-0.05, 0) is 38.1 Å². The van der Waals surface area contributed by atoms with Crippen LogP contribution in [-0.2, 0) is 11.0 Å². The fraction of sp³-hybridized carbons (Fsp3) is 0.222. The lowest BCUT2D eigenvalue weighted by Gasteiger charge is -2.16. The molecule has 0 aliphatic heterocycles. The summed E-state index contributed by atoms with van der Waals surface area (Å²) in [5.41, 5.74) is 3.30. The number of halogens is 3. The summed E-state index contributed by atoms with van der Waals surface area (Å²) in [5.74, 6) is -1.33. The van der Waals surface area contributed by atoms with Crippen LogP contribution in [0.15, 0.2) is 42.5 Å². The van der Waals surface area contributed by atoms with E-state index in [9.17, 15) is 32.9 Å². The smallest absolute Gasteiger partial charge is 0.368 e. The average Bonchev–Trinajstić information content (AvgIpc) is 2.65. The number of nitrogens with zero attached hydrogens (tertiary/aromatic N) is 1. The number of alkyl halides is 3. The van der Waals surface area contributed by atoms with Gasteiger partial charge < -0.3 is 5.32 Å². The quantitative estimate of drug-likeness (QED) is 0.518. The molecule has 3 N–H and O–H groups in total. The van der Waals surface area contributed by atoms with Gasteiger partial charge in [-0.2, -0.15) is 13.2 Å². The van der Waals surface area contributed by atoms with Gasteiger partial charge in [0.15, 0.2) is 0 Å². The maximum absolute atomic E-state index is 12.7. The van der Waals surface area contributed by atoms with E-state index in [1.165, 1.54) is 6.92 Å². The molecule has 2 aromatic carbocycles. The molecule has 2 aromatic rings. The predicted molar refractivity (Wildman–Crippen MR) is 98.0 cm³/mol. The minimum atomic E-state index is -4.74. The van der Waals surface area contributed by atoms with Crippen molar-refractivity contribution in [3.8, 4) is 0 Å². The third-order valence-corrected chi connectivity index (χ3v) is 3.90. The molecule has 0 aliphatic rings. The molecule has 0 fully saturated rings. The fourth-order valence-corrected chi connectivity index (χ4v) is 2.28. The van der Waals surface area contributed by atoms with Crippen LogP contribution in [0.5, 0.6) is 0 Å². The number of nitrogens with one attached hydrogen (secondary N) is 3. The summed E-state index contributed by atoms with van der Waals surface area (Å²) < 4.78 is 38.2. The Morgan fingerprint density at radius 2 is 1.69 bits per heavy atom. The van der Waals surface area contributed by atoms with Crippen LogP contribution in [0.2, 0.25) is 0 Å². The zero-order valence-corrected chi connectivity index (χ0v) is 15.3. The van der Waals surface area contributed by atoms with Gasteiger partial charge in [-0.1, -0.05) is 17.7 Å². The molecule has 29 heavy (non-hydrogen) atoms. The number of benzene rings is 2. The van der Waals surface area contributed by atoms with Gasteiger partial charge in [0.25, 0.3) is 17.5 Å². The normalized spacial score (nSPS) is 12.0. The Hall–Kier alpha value is -3.63. The van der Waals surface area contributed by atoms with Gasteiger partial charge in [0, 0.05) is 11.6 Å². The molecule has 11 heteroatoms. The van der Waals surface area contributed by atoms with Crippen LogP contribution in [0, 0.1) is 17.0 Å². The molecule has 0 heterocycles. The fourth-order valence-electron chi connectivity index (χ4n) is 2.28. The summed E-state index contributed by atoms with van der Waals surface area (Å²) in [6.07, 6.45) is -4.74. The lowest BCUT2D eigenvalue weighted by atomic mass is 10.1. The third kappa shape index (κ3) is 5.67. The van der Waals surface area contributed by atoms with Crippen LogP contribution in [0.1, 0.15) is 28.4 Å². The van der Waals surface area contributed by atoms with E-state index in [1.807, 2.05) is 6.92 Å². The van der Waals surface area contributed by atoms with Crippen molar-refractivity contribution in [2.45, 2.75) is 26.1 Å². The van der Waals surface area contributed by atoms with Gasteiger partial charge in [-0.25, -0.2) is 0 Å². The van der Waals surface area contributed by atoms with Crippen LogP contribution >= 0.6 is 0 Å². The van der Waals surface area contributed by atoms with E-state index >= 15 is 0 Å². The Kier molecular flexibility index (Phi) is 6.42. The first-order valence-electron chi connectivity index (χ1n) is 8.28. The van der Waals surface area contributed by atoms with Crippen molar-refractivity contribution < 1.29 is 27.7 Å². The number of hydrogen-bond donors (Lipinski definition) is 3. The Balaban J connectivity index is 2.04. The highest BCUT2D eigenvalue weighted by molar-refractivity contribution is 5.96. The highest BCUT2D eigenvalue weighted by Crippen LogP contribution is 2.35. The minimum Gasteiger partial charge on any atom is -0.368 e. The summed E-state index contributed by atoms with van der Waals surface area (Å²) in [6, 6.07) is 7.37. The van der Waals surface area contributed by atoms with E-state index in [0.717, 1.165) is 11.6 Å². The molecular formula is C18H17F3N4O4. The van der Waals surface area contributed by atoms with Gasteiger partial charge in [0.1, 0.15) is 11.7 Å².